The number of carboxylic acids is 1. The minimum atomic E-state index is -0.980. The zero-order chi connectivity index (χ0) is 16.1. The molecule has 3 aromatic rings. The van der Waals surface area contributed by atoms with Crippen molar-refractivity contribution in [3.05, 3.63) is 40.5 Å². The Hall–Kier alpha value is -2.65. The molecule has 1 N–H and O–H groups in total. The molecule has 1 aliphatic heterocycles. The van der Waals surface area contributed by atoms with Gasteiger partial charge in [-0.05, 0) is 38.0 Å². The molecule has 4 rings (SSSR count). The second-order valence-corrected chi connectivity index (χ2v) is 6.83. The van der Waals surface area contributed by atoms with Crippen LogP contribution in [0.25, 0.3) is 21.5 Å². The van der Waals surface area contributed by atoms with Gasteiger partial charge in [-0.2, -0.15) is 5.26 Å². The van der Waals surface area contributed by atoms with Gasteiger partial charge in [-0.1, -0.05) is 0 Å². The maximum atomic E-state index is 11.0. The van der Waals surface area contributed by atoms with Crippen molar-refractivity contribution in [2.45, 2.75) is 25.8 Å². The van der Waals surface area contributed by atoms with Crippen LogP contribution in [0.15, 0.2) is 24.4 Å². The van der Waals surface area contributed by atoms with E-state index in [0.717, 1.165) is 40.6 Å². The van der Waals surface area contributed by atoms with Gasteiger partial charge in [0.05, 0.1) is 17.3 Å². The number of hydrogen-bond donors (Lipinski definition) is 1. The molecule has 0 fully saturated rings. The lowest BCUT2D eigenvalue weighted by Gasteiger charge is -2.10. The van der Waals surface area contributed by atoms with Crippen LogP contribution < -0.4 is 0 Å². The zero-order valence-corrected chi connectivity index (χ0v) is 13.2. The van der Waals surface area contributed by atoms with Crippen molar-refractivity contribution in [1.82, 2.24) is 9.55 Å². The van der Waals surface area contributed by atoms with Gasteiger partial charge in [0.15, 0.2) is 0 Å². The number of benzene rings is 1. The third kappa shape index (κ3) is 2.05. The fourth-order valence-corrected chi connectivity index (χ4v) is 4.07. The van der Waals surface area contributed by atoms with Crippen LogP contribution in [0.3, 0.4) is 0 Å². The Kier molecular flexibility index (Phi) is 3.00. The van der Waals surface area contributed by atoms with Crippen LogP contribution in [0, 0.1) is 11.3 Å². The Morgan fingerprint density at radius 3 is 3.00 bits per heavy atom. The van der Waals surface area contributed by atoms with Crippen molar-refractivity contribution in [2.24, 2.45) is 0 Å². The van der Waals surface area contributed by atoms with Crippen LogP contribution in [-0.4, -0.2) is 20.6 Å². The van der Waals surface area contributed by atoms with Gasteiger partial charge in [0.1, 0.15) is 16.0 Å². The van der Waals surface area contributed by atoms with Gasteiger partial charge in [-0.3, -0.25) is 0 Å². The first-order valence-corrected chi connectivity index (χ1v) is 8.17. The molecule has 0 saturated carbocycles. The Morgan fingerprint density at radius 1 is 1.48 bits per heavy atom. The monoisotopic (exact) mass is 323 g/mol. The van der Waals surface area contributed by atoms with E-state index in [-0.39, 0.29) is 4.88 Å². The highest BCUT2D eigenvalue weighted by molar-refractivity contribution is 7.16. The smallest absolute Gasteiger partial charge is 0.347 e. The maximum Gasteiger partial charge on any atom is 0.347 e. The Bertz CT molecular complexity index is 993. The van der Waals surface area contributed by atoms with Gasteiger partial charge in [0, 0.05) is 22.7 Å². The highest BCUT2D eigenvalue weighted by Crippen LogP contribution is 2.37. The number of hydrogen-bond acceptors (Lipinski definition) is 4. The molecule has 0 bridgehead atoms. The lowest BCUT2D eigenvalue weighted by atomic mass is 10.1. The molecule has 114 valence electrons. The van der Waals surface area contributed by atoms with Gasteiger partial charge in [-0.15, -0.1) is 11.3 Å². The van der Waals surface area contributed by atoms with Crippen LogP contribution in [-0.2, 0) is 6.42 Å². The highest BCUT2D eigenvalue weighted by atomic mass is 32.1. The maximum absolute atomic E-state index is 11.0. The van der Waals surface area contributed by atoms with Crippen molar-refractivity contribution in [2.75, 3.05) is 0 Å². The van der Waals surface area contributed by atoms with Crippen LogP contribution in [0.4, 0.5) is 0 Å². The number of carbonyl (C=O) groups is 1. The number of rotatable bonds is 2. The average Bonchev–Trinajstić information content (AvgIpc) is 3.22. The number of nitriles is 1. The molecule has 0 unspecified atom stereocenters. The van der Waals surface area contributed by atoms with Crippen LogP contribution in [0.2, 0.25) is 0 Å². The summed E-state index contributed by atoms with van der Waals surface area (Å²) in [7, 11) is 0. The van der Waals surface area contributed by atoms with E-state index in [4.69, 9.17) is 5.11 Å². The van der Waals surface area contributed by atoms with E-state index in [2.05, 4.69) is 28.6 Å². The third-order valence-electron chi connectivity index (χ3n) is 4.35. The summed E-state index contributed by atoms with van der Waals surface area (Å²) in [5.74, 6) is -0.980. The van der Waals surface area contributed by atoms with E-state index in [1.165, 1.54) is 11.9 Å². The fourth-order valence-electron chi connectivity index (χ4n) is 3.33. The van der Waals surface area contributed by atoms with Crippen molar-refractivity contribution >= 4 is 28.2 Å². The SMILES string of the molecule is C[C@@H]1CCc2cc3cc(-c4ncc(C(=O)O)s4)cc(C#N)c3n21. The molecule has 0 aliphatic carbocycles. The van der Waals surface area contributed by atoms with E-state index in [0.29, 0.717) is 16.6 Å². The summed E-state index contributed by atoms with van der Waals surface area (Å²) in [6.07, 6.45) is 3.49. The van der Waals surface area contributed by atoms with Gasteiger partial charge >= 0.3 is 5.97 Å². The molecule has 1 atom stereocenters. The third-order valence-corrected chi connectivity index (χ3v) is 5.39. The summed E-state index contributed by atoms with van der Waals surface area (Å²) in [5.41, 5.74) is 3.64. The van der Waals surface area contributed by atoms with Crippen LogP contribution in [0.5, 0.6) is 0 Å². The standard InChI is InChI=1S/C17H13N3O2S/c1-9-2-3-13-6-10-4-11(5-12(7-18)15(10)20(9)13)16-19-8-14(23-16)17(21)22/h4-6,8-9H,2-3H2,1H3,(H,21,22)/t9-/m1/s1. The molecule has 5 nitrogen and oxygen atoms in total. The molecule has 0 amide bonds. The number of aryl methyl sites for hydroxylation is 1. The Labute approximate surface area is 136 Å². The summed E-state index contributed by atoms with van der Waals surface area (Å²) in [6, 6.07) is 8.63. The summed E-state index contributed by atoms with van der Waals surface area (Å²) in [6.45, 7) is 2.17. The van der Waals surface area contributed by atoms with Crippen molar-refractivity contribution in [1.29, 1.82) is 5.26 Å². The van der Waals surface area contributed by atoms with Crippen LogP contribution >= 0.6 is 11.3 Å². The molecular weight excluding hydrogens is 310 g/mol. The molecule has 1 aliphatic rings. The molecule has 23 heavy (non-hydrogen) atoms. The molecule has 2 aromatic heterocycles. The van der Waals surface area contributed by atoms with Gasteiger partial charge in [0.25, 0.3) is 0 Å². The molecule has 6 heteroatoms. The fraction of sp³-hybridized carbons (Fsp3) is 0.235. The number of aromatic carboxylic acids is 1. The van der Waals surface area contributed by atoms with Gasteiger partial charge < -0.3 is 9.67 Å². The number of carboxylic acid groups (broad SMARTS) is 1. The minimum Gasteiger partial charge on any atom is -0.477 e. The van der Waals surface area contributed by atoms with Gasteiger partial charge in [0.2, 0.25) is 0 Å². The first kappa shape index (κ1) is 14.0. The minimum absolute atomic E-state index is 0.201. The topological polar surface area (TPSA) is 78.9 Å². The molecule has 0 saturated heterocycles. The number of aromatic nitrogens is 2. The largest absolute Gasteiger partial charge is 0.477 e. The Balaban J connectivity index is 1.93. The molecule has 1 aromatic carbocycles. The number of fused-ring (bicyclic) bond motifs is 3. The number of nitrogens with zero attached hydrogens (tertiary/aromatic N) is 3. The summed E-state index contributed by atoms with van der Waals surface area (Å²) < 4.78 is 2.25. The molecule has 3 heterocycles. The lowest BCUT2D eigenvalue weighted by Crippen LogP contribution is -1.99. The van der Waals surface area contributed by atoms with E-state index in [1.807, 2.05) is 12.1 Å². The van der Waals surface area contributed by atoms with Crippen molar-refractivity contribution in [3.8, 4) is 16.6 Å². The van der Waals surface area contributed by atoms with Crippen LogP contribution in [0.1, 0.15) is 40.3 Å². The predicted molar refractivity (Wildman–Crippen MR) is 87.8 cm³/mol. The Morgan fingerprint density at radius 2 is 2.30 bits per heavy atom. The number of thiazole rings is 1. The first-order valence-electron chi connectivity index (χ1n) is 7.36. The van der Waals surface area contributed by atoms with E-state index in [1.54, 1.807) is 0 Å². The first-order chi connectivity index (χ1) is 11.1. The lowest BCUT2D eigenvalue weighted by molar-refractivity contribution is 0.0702. The highest BCUT2D eigenvalue weighted by Gasteiger charge is 2.23. The zero-order valence-electron chi connectivity index (χ0n) is 12.4. The van der Waals surface area contributed by atoms with Gasteiger partial charge in [-0.25, -0.2) is 9.78 Å². The van der Waals surface area contributed by atoms with E-state index in [9.17, 15) is 10.1 Å². The van der Waals surface area contributed by atoms with Crippen molar-refractivity contribution < 1.29 is 9.90 Å². The second-order valence-electron chi connectivity index (χ2n) is 5.80. The molecule has 0 spiro atoms. The summed E-state index contributed by atoms with van der Waals surface area (Å²) >= 11 is 1.13. The summed E-state index contributed by atoms with van der Waals surface area (Å²) in [4.78, 5) is 15.4. The normalized spacial score (nSPS) is 16.4. The van der Waals surface area contributed by atoms with Crippen molar-refractivity contribution in [3.63, 3.8) is 0 Å². The quantitative estimate of drug-likeness (QED) is 0.777. The van der Waals surface area contributed by atoms with E-state index >= 15 is 0 Å². The average molecular weight is 323 g/mol. The molecular formula is C17H13N3O2S. The molecule has 0 radical (unpaired) electrons. The summed E-state index contributed by atoms with van der Waals surface area (Å²) in [5, 5.41) is 20.2. The van der Waals surface area contributed by atoms with E-state index < -0.39 is 5.97 Å². The predicted octanol–water partition coefficient (Wildman–Crippen LogP) is 3.84. The second kappa shape index (κ2) is 4.93.